The molecular formula is C22H20BrNO6. The van der Waals surface area contributed by atoms with Gasteiger partial charge in [-0.05, 0) is 55.3 Å². The summed E-state index contributed by atoms with van der Waals surface area (Å²) < 4.78 is 16.4. The Kier molecular flexibility index (Phi) is 6.89. The molecule has 0 aliphatic rings. The fourth-order valence-electron chi connectivity index (χ4n) is 2.97. The van der Waals surface area contributed by atoms with Crippen LogP contribution in [0.4, 0.5) is 5.69 Å². The molecule has 0 bridgehead atoms. The van der Waals surface area contributed by atoms with E-state index in [4.69, 9.17) is 13.9 Å². The minimum Gasteiger partial charge on any atom is -0.497 e. The van der Waals surface area contributed by atoms with Crippen molar-refractivity contribution in [1.29, 1.82) is 0 Å². The number of carbonyl (C=O) groups excluding carboxylic acids is 2. The molecule has 1 amide bonds. The normalized spacial score (nSPS) is 10.6. The smallest absolute Gasteiger partial charge is 0.339 e. The van der Waals surface area contributed by atoms with Crippen LogP contribution in [0.3, 0.4) is 0 Å². The van der Waals surface area contributed by atoms with E-state index in [0.29, 0.717) is 22.6 Å². The highest BCUT2D eigenvalue weighted by atomic mass is 79.9. The highest BCUT2D eigenvalue weighted by molar-refractivity contribution is 9.10. The van der Waals surface area contributed by atoms with E-state index in [0.717, 1.165) is 15.4 Å². The van der Waals surface area contributed by atoms with Gasteiger partial charge >= 0.3 is 11.6 Å². The van der Waals surface area contributed by atoms with E-state index in [9.17, 15) is 14.4 Å². The Morgan fingerprint density at radius 1 is 1.13 bits per heavy atom. The van der Waals surface area contributed by atoms with Crippen molar-refractivity contribution in [2.45, 2.75) is 19.8 Å². The summed E-state index contributed by atoms with van der Waals surface area (Å²) in [6.07, 6.45) is 0.113. The van der Waals surface area contributed by atoms with E-state index < -0.39 is 24.1 Å². The summed E-state index contributed by atoms with van der Waals surface area (Å²) in [5, 5.41) is 3.40. The maximum atomic E-state index is 12.3. The molecule has 0 spiro atoms. The minimum absolute atomic E-state index is 0.0428. The number of halogens is 1. The van der Waals surface area contributed by atoms with Gasteiger partial charge in [-0.2, -0.15) is 0 Å². The van der Waals surface area contributed by atoms with Crippen molar-refractivity contribution in [2.24, 2.45) is 0 Å². The van der Waals surface area contributed by atoms with Crippen LogP contribution < -0.4 is 15.7 Å². The number of benzene rings is 2. The Labute approximate surface area is 181 Å². The molecule has 3 rings (SSSR count). The minimum atomic E-state index is -0.574. The maximum Gasteiger partial charge on any atom is 0.339 e. The number of rotatable bonds is 7. The zero-order valence-electron chi connectivity index (χ0n) is 16.5. The summed E-state index contributed by atoms with van der Waals surface area (Å²) in [6.45, 7) is 1.40. The fraction of sp³-hybridized carbons (Fsp3) is 0.227. The maximum absolute atomic E-state index is 12.3. The predicted molar refractivity (Wildman–Crippen MR) is 116 cm³/mol. The van der Waals surface area contributed by atoms with Gasteiger partial charge in [-0.3, -0.25) is 9.59 Å². The van der Waals surface area contributed by atoms with Crippen molar-refractivity contribution in [3.05, 3.63) is 68.5 Å². The monoisotopic (exact) mass is 473 g/mol. The Morgan fingerprint density at radius 2 is 1.87 bits per heavy atom. The summed E-state index contributed by atoms with van der Waals surface area (Å²) in [7, 11) is 1.53. The van der Waals surface area contributed by atoms with Crippen LogP contribution >= 0.6 is 15.9 Å². The van der Waals surface area contributed by atoms with E-state index in [1.54, 1.807) is 49.4 Å². The number of hydrogen-bond donors (Lipinski definition) is 1. The van der Waals surface area contributed by atoms with Crippen molar-refractivity contribution >= 4 is 44.5 Å². The summed E-state index contributed by atoms with van der Waals surface area (Å²) >= 11 is 3.31. The number of nitrogens with one attached hydrogen (secondary N) is 1. The molecule has 0 unspecified atom stereocenters. The van der Waals surface area contributed by atoms with E-state index in [2.05, 4.69) is 21.2 Å². The van der Waals surface area contributed by atoms with Gasteiger partial charge in [-0.15, -0.1) is 0 Å². The van der Waals surface area contributed by atoms with Gasteiger partial charge < -0.3 is 19.2 Å². The third-order valence-electron chi connectivity index (χ3n) is 4.57. The Balaban J connectivity index is 1.57. The molecule has 0 fully saturated rings. The van der Waals surface area contributed by atoms with E-state index >= 15 is 0 Å². The second kappa shape index (κ2) is 9.58. The first-order valence-corrected chi connectivity index (χ1v) is 9.98. The van der Waals surface area contributed by atoms with Gasteiger partial charge in [0.25, 0.3) is 5.91 Å². The summed E-state index contributed by atoms with van der Waals surface area (Å²) in [4.78, 5) is 36.3. The molecule has 8 heteroatoms. The zero-order chi connectivity index (χ0) is 21.7. The number of amides is 1. The molecule has 7 nitrogen and oxygen atoms in total. The predicted octanol–water partition coefficient (Wildman–Crippen LogP) is 3.99. The Morgan fingerprint density at radius 3 is 2.57 bits per heavy atom. The van der Waals surface area contributed by atoms with Gasteiger partial charge in [-0.25, -0.2) is 4.79 Å². The number of methoxy groups -OCH3 is 1. The molecule has 0 saturated carbocycles. The van der Waals surface area contributed by atoms with Crippen LogP contribution in [0.15, 0.2) is 56.1 Å². The van der Waals surface area contributed by atoms with Crippen molar-refractivity contribution in [2.75, 3.05) is 19.0 Å². The van der Waals surface area contributed by atoms with Gasteiger partial charge in [0.15, 0.2) is 6.61 Å². The lowest BCUT2D eigenvalue weighted by molar-refractivity contribution is -0.147. The highest BCUT2D eigenvalue weighted by Gasteiger charge is 2.15. The fourth-order valence-corrected chi connectivity index (χ4v) is 3.23. The van der Waals surface area contributed by atoms with Crippen LogP contribution in [0.25, 0.3) is 11.0 Å². The van der Waals surface area contributed by atoms with Crippen LogP contribution in [0.5, 0.6) is 5.75 Å². The first-order chi connectivity index (χ1) is 14.4. The van der Waals surface area contributed by atoms with Crippen LogP contribution in [0, 0.1) is 6.92 Å². The molecule has 1 N–H and O–H groups in total. The Bertz CT molecular complexity index is 1140. The molecule has 30 heavy (non-hydrogen) atoms. The van der Waals surface area contributed by atoms with Crippen LogP contribution in [-0.2, 0) is 20.7 Å². The van der Waals surface area contributed by atoms with E-state index in [-0.39, 0.29) is 12.8 Å². The number of ether oxygens (including phenoxy) is 2. The van der Waals surface area contributed by atoms with E-state index in [1.165, 1.54) is 7.11 Å². The number of anilines is 1. The van der Waals surface area contributed by atoms with Crippen LogP contribution in [0.1, 0.15) is 17.5 Å². The Hall–Kier alpha value is -3.13. The average Bonchev–Trinajstić information content (AvgIpc) is 2.73. The number of aryl methyl sites for hydroxylation is 1. The van der Waals surface area contributed by atoms with Crippen molar-refractivity contribution in [3.8, 4) is 5.75 Å². The zero-order valence-corrected chi connectivity index (χ0v) is 18.1. The first kappa shape index (κ1) is 21.6. The quantitative estimate of drug-likeness (QED) is 0.411. The topological polar surface area (TPSA) is 94.8 Å². The van der Waals surface area contributed by atoms with Crippen molar-refractivity contribution in [3.63, 3.8) is 0 Å². The number of carbonyl (C=O) groups is 2. The van der Waals surface area contributed by atoms with Crippen molar-refractivity contribution in [1.82, 2.24) is 0 Å². The number of esters is 1. The molecule has 0 atom stereocenters. The largest absolute Gasteiger partial charge is 0.497 e. The highest BCUT2D eigenvalue weighted by Crippen LogP contribution is 2.24. The molecule has 0 aliphatic heterocycles. The lowest BCUT2D eigenvalue weighted by atomic mass is 10.0. The van der Waals surface area contributed by atoms with Gasteiger partial charge in [0, 0.05) is 33.6 Å². The van der Waals surface area contributed by atoms with Gasteiger partial charge in [0.05, 0.1) is 7.11 Å². The molecular weight excluding hydrogens is 454 g/mol. The molecule has 2 aromatic carbocycles. The van der Waals surface area contributed by atoms with Gasteiger partial charge in [0.2, 0.25) is 0 Å². The third-order valence-corrected chi connectivity index (χ3v) is 5.09. The molecule has 0 radical (unpaired) electrons. The van der Waals surface area contributed by atoms with Crippen LogP contribution in [-0.4, -0.2) is 25.6 Å². The van der Waals surface area contributed by atoms with Crippen molar-refractivity contribution < 1.29 is 23.5 Å². The second-order valence-electron chi connectivity index (χ2n) is 6.57. The SMILES string of the molecule is COc1ccc2c(C)c(CCC(=O)OCC(=O)Nc3ccc(Br)cc3)c(=O)oc2c1. The molecule has 1 heterocycles. The summed E-state index contributed by atoms with van der Waals surface area (Å²) in [5.41, 5.74) is 1.66. The number of hydrogen-bond acceptors (Lipinski definition) is 6. The summed E-state index contributed by atoms with van der Waals surface area (Å²) in [5.74, 6) is -0.432. The van der Waals surface area contributed by atoms with Gasteiger partial charge in [-0.1, -0.05) is 15.9 Å². The third kappa shape index (κ3) is 5.27. The van der Waals surface area contributed by atoms with Crippen LogP contribution in [0.2, 0.25) is 0 Å². The lowest BCUT2D eigenvalue weighted by Gasteiger charge is -2.09. The standard InChI is InChI=1S/C22H20BrNO6/c1-13-17-8-7-16(28-2)11-19(17)30-22(27)18(13)9-10-21(26)29-12-20(25)24-15-5-3-14(23)4-6-15/h3-8,11H,9-10,12H2,1-2H3,(H,24,25). The summed E-state index contributed by atoms with van der Waals surface area (Å²) in [6, 6.07) is 12.2. The molecule has 156 valence electrons. The molecule has 1 aromatic heterocycles. The molecule has 0 saturated heterocycles. The number of fused-ring (bicyclic) bond motifs is 1. The lowest BCUT2D eigenvalue weighted by Crippen LogP contribution is -2.21. The second-order valence-corrected chi connectivity index (χ2v) is 7.49. The van der Waals surface area contributed by atoms with E-state index in [1.807, 2.05) is 0 Å². The first-order valence-electron chi connectivity index (χ1n) is 9.18. The van der Waals surface area contributed by atoms with Gasteiger partial charge in [0.1, 0.15) is 11.3 Å². The molecule has 3 aromatic rings. The molecule has 0 aliphatic carbocycles. The average molecular weight is 474 g/mol.